The van der Waals surface area contributed by atoms with Crippen molar-refractivity contribution in [1.29, 1.82) is 0 Å². The van der Waals surface area contributed by atoms with Crippen LogP contribution in [0.4, 0.5) is 0 Å². The molecule has 2 fully saturated rings. The average Bonchev–Trinajstić information content (AvgIpc) is 2.95. The Labute approximate surface area is 179 Å². The van der Waals surface area contributed by atoms with Crippen LogP contribution in [-0.4, -0.2) is 56.8 Å². The van der Waals surface area contributed by atoms with Gasteiger partial charge in [0.25, 0.3) is 5.91 Å². The van der Waals surface area contributed by atoms with Crippen LogP contribution in [0.15, 0.2) is 29.2 Å². The molecule has 1 atom stereocenters. The van der Waals surface area contributed by atoms with E-state index in [-0.39, 0.29) is 37.4 Å². The van der Waals surface area contributed by atoms with Gasteiger partial charge in [-0.2, -0.15) is 0 Å². The number of benzene rings is 1. The number of carbonyl (C=O) groups is 2. The SMILES string of the molecule is O=C1/C(=C/c2ccc(Cl)cc2)SC(=S)N1CCC(=O)N1CCCC[C@@H]1CCO. The topological polar surface area (TPSA) is 60.9 Å². The molecule has 2 aliphatic rings. The molecule has 3 rings (SSSR count). The zero-order valence-corrected chi connectivity index (χ0v) is 17.9. The zero-order valence-electron chi connectivity index (χ0n) is 15.5. The number of halogens is 1. The highest BCUT2D eigenvalue weighted by atomic mass is 35.5. The summed E-state index contributed by atoms with van der Waals surface area (Å²) in [5.41, 5.74) is 0.876. The third-order valence-electron chi connectivity index (χ3n) is 5.00. The van der Waals surface area contributed by atoms with E-state index in [9.17, 15) is 14.7 Å². The first-order chi connectivity index (χ1) is 13.5. The highest BCUT2D eigenvalue weighted by Gasteiger charge is 2.33. The van der Waals surface area contributed by atoms with Crippen LogP contribution in [0.25, 0.3) is 6.08 Å². The number of aliphatic hydroxyl groups is 1. The summed E-state index contributed by atoms with van der Waals surface area (Å²) in [6.07, 6.45) is 5.63. The molecule has 0 aliphatic carbocycles. The van der Waals surface area contributed by atoms with Gasteiger partial charge in [0.1, 0.15) is 4.32 Å². The second-order valence-corrected chi connectivity index (χ2v) is 9.00. The fourth-order valence-electron chi connectivity index (χ4n) is 3.53. The van der Waals surface area contributed by atoms with Gasteiger partial charge in [0.15, 0.2) is 0 Å². The quantitative estimate of drug-likeness (QED) is 0.542. The maximum atomic E-state index is 12.7. The Bertz CT molecular complexity index is 780. The molecule has 28 heavy (non-hydrogen) atoms. The number of nitrogens with zero attached hydrogens (tertiary/aromatic N) is 2. The first kappa shape index (κ1) is 21.3. The van der Waals surface area contributed by atoms with E-state index in [0.717, 1.165) is 31.4 Å². The number of thiocarbonyl (C=S) groups is 1. The summed E-state index contributed by atoms with van der Waals surface area (Å²) in [5, 5.41) is 9.87. The number of carbonyl (C=O) groups excluding carboxylic acids is 2. The first-order valence-electron chi connectivity index (χ1n) is 9.41. The zero-order chi connectivity index (χ0) is 20.1. The molecule has 2 saturated heterocycles. The number of likely N-dealkylation sites (tertiary alicyclic amines) is 1. The van der Waals surface area contributed by atoms with E-state index in [1.807, 2.05) is 17.0 Å². The van der Waals surface area contributed by atoms with Crippen LogP contribution in [0, 0.1) is 0 Å². The number of piperidine rings is 1. The Kier molecular flexibility index (Phi) is 7.51. The molecule has 0 aromatic heterocycles. The second-order valence-electron chi connectivity index (χ2n) is 6.88. The van der Waals surface area contributed by atoms with E-state index in [1.165, 1.54) is 16.7 Å². The summed E-state index contributed by atoms with van der Waals surface area (Å²) in [5.74, 6) is -0.141. The molecule has 1 N–H and O–H groups in total. The minimum absolute atomic E-state index is 0.0221. The van der Waals surface area contributed by atoms with Crippen LogP contribution in [-0.2, 0) is 9.59 Å². The highest BCUT2D eigenvalue weighted by Crippen LogP contribution is 2.33. The van der Waals surface area contributed by atoms with E-state index in [2.05, 4.69) is 0 Å². The van der Waals surface area contributed by atoms with Crippen LogP contribution in [0.3, 0.4) is 0 Å². The van der Waals surface area contributed by atoms with Crippen molar-refractivity contribution in [3.8, 4) is 0 Å². The maximum Gasteiger partial charge on any atom is 0.266 e. The van der Waals surface area contributed by atoms with Crippen molar-refractivity contribution < 1.29 is 14.7 Å². The van der Waals surface area contributed by atoms with E-state index < -0.39 is 0 Å². The largest absolute Gasteiger partial charge is 0.396 e. The number of amides is 2. The maximum absolute atomic E-state index is 12.7. The predicted octanol–water partition coefficient (Wildman–Crippen LogP) is 3.69. The first-order valence-corrected chi connectivity index (χ1v) is 11.0. The number of hydrogen-bond donors (Lipinski definition) is 1. The highest BCUT2D eigenvalue weighted by molar-refractivity contribution is 8.26. The third kappa shape index (κ3) is 5.14. The van der Waals surface area contributed by atoms with Crippen molar-refractivity contribution >= 4 is 57.8 Å². The van der Waals surface area contributed by atoms with Gasteiger partial charge < -0.3 is 10.0 Å². The Morgan fingerprint density at radius 1 is 1.32 bits per heavy atom. The van der Waals surface area contributed by atoms with Crippen LogP contribution < -0.4 is 0 Å². The molecule has 5 nitrogen and oxygen atoms in total. The average molecular weight is 439 g/mol. The van der Waals surface area contributed by atoms with E-state index in [1.54, 1.807) is 18.2 Å². The molecule has 150 valence electrons. The minimum atomic E-state index is -0.164. The Balaban J connectivity index is 1.61. The molecule has 8 heteroatoms. The van der Waals surface area contributed by atoms with Crippen molar-refractivity contribution in [2.45, 2.75) is 38.1 Å². The van der Waals surface area contributed by atoms with Crippen LogP contribution in [0.2, 0.25) is 5.02 Å². The van der Waals surface area contributed by atoms with Crippen molar-refractivity contribution in [2.75, 3.05) is 19.7 Å². The summed E-state index contributed by atoms with van der Waals surface area (Å²) in [6, 6.07) is 7.33. The molecule has 0 spiro atoms. The third-order valence-corrected chi connectivity index (χ3v) is 6.63. The van der Waals surface area contributed by atoms with E-state index in [0.29, 0.717) is 20.7 Å². The number of thioether (sulfide) groups is 1. The summed E-state index contributed by atoms with van der Waals surface area (Å²) in [7, 11) is 0. The van der Waals surface area contributed by atoms with Gasteiger partial charge in [0.05, 0.1) is 4.91 Å². The Morgan fingerprint density at radius 2 is 2.07 bits per heavy atom. The summed E-state index contributed by atoms with van der Waals surface area (Å²) in [6.45, 7) is 1.08. The van der Waals surface area contributed by atoms with Crippen molar-refractivity contribution in [1.82, 2.24) is 9.80 Å². The van der Waals surface area contributed by atoms with Crippen molar-refractivity contribution in [3.63, 3.8) is 0 Å². The molecule has 0 saturated carbocycles. The number of aliphatic hydroxyl groups excluding tert-OH is 1. The van der Waals surface area contributed by atoms with Gasteiger partial charge in [-0.15, -0.1) is 0 Å². The molecule has 2 amide bonds. The van der Waals surface area contributed by atoms with Crippen molar-refractivity contribution in [3.05, 3.63) is 39.8 Å². The van der Waals surface area contributed by atoms with Gasteiger partial charge in [0, 0.05) is 37.2 Å². The lowest BCUT2D eigenvalue weighted by Crippen LogP contribution is -2.45. The standard InChI is InChI=1S/C20H23ClN2O3S2/c21-15-6-4-14(5-7-15)13-17-19(26)23(20(27)28-17)11-8-18(25)22-10-2-1-3-16(22)9-12-24/h4-7,13,16,24H,1-3,8-12H2/b17-13-/t16-/m1/s1. The number of hydrogen-bond acceptors (Lipinski definition) is 5. The fraction of sp³-hybridized carbons (Fsp3) is 0.450. The van der Waals surface area contributed by atoms with Gasteiger partial charge in [-0.1, -0.05) is 47.7 Å². The molecule has 2 heterocycles. The Morgan fingerprint density at radius 3 is 2.79 bits per heavy atom. The predicted molar refractivity (Wildman–Crippen MR) is 117 cm³/mol. The number of rotatable bonds is 6. The van der Waals surface area contributed by atoms with Crippen LogP contribution >= 0.6 is 35.6 Å². The molecule has 0 unspecified atom stereocenters. The normalized spacial score (nSPS) is 21.6. The second kappa shape index (κ2) is 9.87. The van der Waals surface area contributed by atoms with Crippen LogP contribution in [0.5, 0.6) is 0 Å². The lowest BCUT2D eigenvalue weighted by atomic mass is 9.99. The Hall–Kier alpha value is -1.41. The van der Waals surface area contributed by atoms with Gasteiger partial charge >= 0.3 is 0 Å². The van der Waals surface area contributed by atoms with Gasteiger partial charge in [-0.25, -0.2) is 0 Å². The van der Waals surface area contributed by atoms with E-state index >= 15 is 0 Å². The smallest absolute Gasteiger partial charge is 0.266 e. The molecular formula is C20H23ClN2O3S2. The van der Waals surface area contributed by atoms with Gasteiger partial charge in [0.2, 0.25) is 5.91 Å². The van der Waals surface area contributed by atoms with E-state index in [4.69, 9.17) is 23.8 Å². The fourth-order valence-corrected chi connectivity index (χ4v) is 4.97. The summed E-state index contributed by atoms with van der Waals surface area (Å²) >= 11 is 12.5. The molecule has 0 radical (unpaired) electrons. The van der Waals surface area contributed by atoms with Gasteiger partial charge in [-0.05, 0) is 49.5 Å². The monoisotopic (exact) mass is 438 g/mol. The minimum Gasteiger partial charge on any atom is -0.396 e. The molecule has 1 aromatic carbocycles. The van der Waals surface area contributed by atoms with Crippen molar-refractivity contribution in [2.24, 2.45) is 0 Å². The summed E-state index contributed by atoms with van der Waals surface area (Å²) < 4.78 is 0.476. The molecular weight excluding hydrogens is 416 g/mol. The lowest BCUT2D eigenvalue weighted by molar-refractivity contribution is -0.135. The lowest BCUT2D eigenvalue weighted by Gasteiger charge is -2.36. The molecule has 2 aliphatic heterocycles. The summed E-state index contributed by atoms with van der Waals surface area (Å²) in [4.78, 5) is 29.3. The van der Waals surface area contributed by atoms with Gasteiger partial charge in [-0.3, -0.25) is 14.5 Å². The van der Waals surface area contributed by atoms with Crippen LogP contribution in [0.1, 0.15) is 37.7 Å². The molecule has 1 aromatic rings. The molecule has 0 bridgehead atoms.